The van der Waals surface area contributed by atoms with Crippen molar-refractivity contribution in [1.82, 2.24) is 15.3 Å². The number of nitrogens with one attached hydrogen (secondary N) is 1. The van der Waals surface area contributed by atoms with E-state index < -0.39 is 0 Å². The number of benzene rings is 1. The minimum atomic E-state index is 0.816. The molecule has 0 aliphatic heterocycles. The van der Waals surface area contributed by atoms with Gasteiger partial charge in [-0.1, -0.05) is 18.2 Å². The zero-order chi connectivity index (χ0) is 13.3. The van der Waals surface area contributed by atoms with Gasteiger partial charge in [-0.2, -0.15) is 0 Å². The van der Waals surface area contributed by atoms with Crippen LogP contribution in [0.5, 0.6) is 0 Å². The van der Waals surface area contributed by atoms with Crippen molar-refractivity contribution >= 4 is 22.7 Å². The van der Waals surface area contributed by atoms with Crippen LogP contribution in [0.25, 0.3) is 10.9 Å². The first kappa shape index (κ1) is 14.2. The summed E-state index contributed by atoms with van der Waals surface area (Å²) in [6.07, 6.45) is 2.69. The highest BCUT2D eigenvalue weighted by Crippen LogP contribution is 2.23. The van der Waals surface area contributed by atoms with Gasteiger partial charge in [-0.05, 0) is 19.0 Å². The first-order valence-electron chi connectivity index (χ1n) is 6.44. The van der Waals surface area contributed by atoms with Crippen LogP contribution in [0.4, 0.5) is 0 Å². The van der Waals surface area contributed by atoms with Gasteiger partial charge in [-0.15, -0.1) is 11.8 Å². The molecule has 19 heavy (non-hydrogen) atoms. The van der Waals surface area contributed by atoms with Crippen LogP contribution in [0.2, 0.25) is 0 Å². The second-order valence-corrected chi connectivity index (χ2v) is 5.22. The van der Waals surface area contributed by atoms with Crippen molar-refractivity contribution in [1.29, 1.82) is 0 Å². The highest BCUT2D eigenvalue weighted by Gasteiger charge is 2.02. The molecule has 0 amide bonds. The molecule has 0 bridgehead atoms. The molecule has 0 saturated carbocycles. The van der Waals surface area contributed by atoms with E-state index in [9.17, 15) is 0 Å². The van der Waals surface area contributed by atoms with E-state index in [2.05, 4.69) is 21.4 Å². The van der Waals surface area contributed by atoms with Crippen LogP contribution in [0.1, 0.15) is 6.42 Å². The molecule has 0 aliphatic rings. The fourth-order valence-electron chi connectivity index (χ4n) is 1.78. The summed E-state index contributed by atoms with van der Waals surface area (Å²) in [4.78, 5) is 8.62. The van der Waals surface area contributed by atoms with Crippen LogP contribution >= 0.6 is 11.8 Å². The van der Waals surface area contributed by atoms with Crippen molar-refractivity contribution in [2.45, 2.75) is 11.4 Å². The lowest BCUT2D eigenvalue weighted by atomic mass is 10.2. The molecule has 1 heterocycles. The van der Waals surface area contributed by atoms with Gasteiger partial charge in [0.25, 0.3) is 0 Å². The van der Waals surface area contributed by atoms with E-state index in [1.807, 2.05) is 18.2 Å². The van der Waals surface area contributed by atoms with Gasteiger partial charge in [0.05, 0.1) is 5.52 Å². The Balaban J connectivity index is 1.78. The number of fused-ring (bicyclic) bond motifs is 1. The molecule has 4 nitrogen and oxygen atoms in total. The van der Waals surface area contributed by atoms with Crippen molar-refractivity contribution in [3.05, 3.63) is 30.6 Å². The third kappa shape index (κ3) is 4.45. The Morgan fingerprint density at radius 1 is 1.21 bits per heavy atom. The van der Waals surface area contributed by atoms with Gasteiger partial charge < -0.3 is 10.1 Å². The number of methoxy groups -OCH3 is 1. The van der Waals surface area contributed by atoms with E-state index in [-0.39, 0.29) is 0 Å². The van der Waals surface area contributed by atoms with Crippen molar-refractivity contribution in [2.24, 2.45) is 0 Å². The molecular weight excluding hydrogens is 258 g/mol. The number of hydrogen-bond acceptors (Lipinski definition) is 5. The molecule has 102 valence electrons. The summed E-state index contributed by atoms with van der Waals surface area (Å²) in [6, 6.07) is 8.12. The fraction of sp³-hybridized carbons (Fsp3) is 0.429. The first-order chi connectivity index (χ1) is 9.42. The SMILES string of the molecule is COCCCNCCSc1ncnc2ccccc12. The summed E-state index contributed by atoms with van der Waals surface area (Å²) in [7, 11) is 1.73. The molecule has 0 radical (unpaired) electrons. The standard InChI is InChI=1S/C14H19N3OS/c1-18-9-4-7-15-8-10-19-14-12-5-2-3-6-13(12)16-11-17-14/h2-3,5-6,11,15H,4,7-10H2,1H3. The maximum absolute atomic E-state index is 5.00. The molecule has 0 aliphatic carbocycles. The summed E-state index contributed by atoms with van der Waals surface area (Å²) < 4.78 is 5.00. The highest BCUT2D eigenvalue weighted by molar-refractivity contribution is 7.99. The Bertz CT molecular complexity index is 502. The lowest BCUT2D eigenvalue weighted by Crippen LogP contribution is -2.19. The molecule has 1 aromatic heterocycles. The van der Waals surface area contributed by atoms with Gasteiger partial charge in [0, 0.05) is 31.4 Å². The second-order valence-electron chi connectivity index (χ2n) is 4.14. The fourth-order valence-corrected chi connectivity index (χ4v) is 2.67. The molecule has 0 saturated heterocycles. The van der Waals surface area contributed by atoms with E-state index in [1.54, 1.807) is 25.2 Å². The normalized spacial score (nSPS) is 11.0. The molecule has 1 aromatic carbocycles. The summed E-state index contributed by atoms with van der Waals surface area (Å²) >= 11 is 1.77. The molecule has 0 unspecified atom stereocenters. The van der Waals surface area contributed by atoms with Gasteiger partial charge in [0.2, 0.25) is 0 Å². The van der Waals surface area contributed by atoms with Crippen LogP contribution in [0, 0.1) is 0 Å². The molecule has 5 heteroatoms. The molecule has 0 spiro atoms. The van der Waals surface area contributed by atoms with Gasteiger partial charge in [-0.3, -0.25) is 0 Å². The topological polar surface area (TPSA) is 47.0 Å². The summed E-state index contributed by atoms with van der Waals surface area (Å²) in [6.45, 7) is 2.79. The van der Waals surface area contributed by atoms with Crippen molar-refractivity contribution in [3.8, 4) is 0 Å². The predicted molar refractivity (Wildman–Crippen MR) is 79.6 cm³/mol. The second kappa shape index (κ2) is 8.09. The molecule has 2 rings (SSSR count). The minimum absolute atomic E-state index is 0.816. The third-order valence-electron chi connectivity index (χ3n) is 2.73. The van der Waals surface area contributed by atoms with Gasteiger partial charge in [-0.25, -0.2) is 9.97 Å². The smallest absolute Gasteiger partial charge is 0.117 e. The number of hydrogen-bond donors (Lipinski definition) is 1. The number of aromatic nitrogens is 2. The Morgan fingerprint density at radius 2 is 2.11 bits per heavy atom. The average molecular weight is 277 g/mol. The van der Waals surface area contributed by atoms with Crippen LogP contribution < -0.4 is 5.32 Å². The molecular formula is C14H19N3OS. The van der Waals surface area contributed by atoms with Gasteiger partial charge >= 0.3 is 0 Å². The van der Waals surface area contributed by atoms with Gasteiger partial charge in [0.1, 0.15) is 11.4 Å². The molecule has 2 aromatic rings. The van der Waals surface area contributed by atoms with E-state index in [4.69, 9.17) is 4.74 Å². The van der Waals surface area contributed by atoms with E-state index >= 15 is 0 Å². The Hall–Kier alpha value is -1.17. The van der Waals surface area contributed by atoms with Crippen LogP contribution in [0.3, 0.4) is 0 Å². The molecule has 0 fully saturated rings. The molecule has 1 N–H and O–H groups in total. The number of thioether (sulfide) groups is 1. The predicted octanol–water partition coefficient (Wildman–Crippen LogP) is 2.35. The number of para-hydroxylation sites is 1. The number of rotatable bonds is 8. The lowest BCUT2D eigenvalue weighted by molar-refractivity contribution is 0.194. The monoisotopic (exact) mass is 277 g/mol. The zero-order valence-corrected chi connectivity index (χ0v) is 11.9. The van der Waals surface area contributed by atoms with E-state index in [0.29, 0.717) is 0 Å². The van der Waals surface area contributed by atoms with Crippen LogP contribution in [0.15, 0.2) is 35.6 Å². The number of ether oxygens (including phenoxy) is 1. The average Bonchev–Trinajstić information content (AvgIpc) is 2.46. The minimum Gasteiger partial charge on any atom is -0.385 e. The Kier molecular flexibility index (Phi) is 6.07. The zero-order valence-electron chi connectivity index (χ0n) is 11.1. The highest BCUT2D eigenvalue weighted by atomic mass is 32.2. The maximum Gasteiger partial charge on any atom is 0.117 e. The third-order valence-corrected chi connectivity index (χ3v) is 3.73. The molecule has 0 atom stereocenters. The summed E-state index contributed by atoms with van der Waals surface area (Å²) in [5, 5.41) is 5.59. The van der Waals surface area contributed by atoms with E-state index in [1.165, 1.54) is 0 Å². The number of nitrogens with zero attached hydrogens (tertiary/aromatic N) is 2. The summed E-state index contributed by atoms with van der Waals surface area (Å²) in [5.74, 6) is 1.01. The van der Waals surface area contributed by atoms with E-state index in [0.717, 1.165) is 47.8 Å². The maximum atomic E-state index is 5.00. The Labute approximate surface area is 118 Å². The van der Waals surface area contributed by atoms with Crippen LogP contribution in [-0.2, 0) is 4.74 Å². The Morgan fingerprint density at radius 3 is 3.00 bits per heavy atom. The van der Waals surface area contributed by atoms with Crippen LogP contribution in [-0.4, -0.2) is 42.5 Å². The van der Waals surface area contributed by atoms with Crippen molar-refractivity contribution in [2.75, 3.05) is 32.6 Å². The van der Waals surface area contributed by atoms with Crippen molar-refractivity contribution in [3.63, 3.8) is 0 Å². The largest absolute Gasteiger partial charge is 0.385 e. The first-order valence-corrected chi connectivity index (χ1v) is 7.42. The quantitative estimate of drug-likeness (QED) is 0.456. The van der Waals surface area contributed by atoms with Gasteiger partial charge in [0.15, 0.2) is 0 Å². The summed E-state index contributed by atoms with van der Waals surface area (Å²) in [5.41, 5.74) is 1.01. The lowest BCUT2D eigenvalue weighted by Gasteiger charge is -2.06. The van der Waals surface area contributed by atoms with Crippen molar-refractivity contribution < 1.29 is 4.74 Å².